The number of carbonyl (C=O) groups excluding carboxylic acids is 2. The summed E-state index contributed by atoms with van der Waals surface area (Å²) >= 11 is 0. The first-order chi connectivity index (χ1) is 13.5. The van der Waals surface area contributed by atoms with Crippen LogP contribution in [0.15, 0.2) is 34.9 Å². The van der Waals surface area contributed by atoms with Gasteiger partial charge in [-0.2, -0.15) is 0 Å². The smallest absolute Gasteiger partial charge is 0.339 e. The van der Waals surface area contributed by atoms with E-state index in [1.54, 1.807) is 6.92 Å². The second-order valence-electron chi connectivity index (χ2n) is 5.93. The monoisotopic (exact) mass is 387 g/mol. The molecule has 0 spiro atoms. The maximum Gasteiger partial charge on any atom is 0.339 e. The van der Waals surface area contributed by atoms with Crippen molar-refractivity contribution in [2.75, 3.05) is 26.9 Å². The topological polar surface area (TPSA) is 104 Å². The SMILES string of the molecule is COCCNC(=O)COC(=O)c1cc(-c2ccc(F)cc2)nc2onc(C)c12. The number of benzene rings is 1. The van der Waals surface area contributed by atoms with Gasteiger partial charge >= 0.3 is 5.97 Å². The summed E-state index contributed by atoms with van der Waals surface area (Å²) in [6.07, 6.45) is 0. The molecule has 2 heterocycles. The highest BCUT2D eigenvalue weighted by molar-refractivity contribution is 6.04. The number of ether oxygens (including phenoxy) is 2. The van der Waals surface area contributed by atoms with Gasteiger partial charge in [-0.05, 0) is 37.3 Å². The van der Waals surface area contributed by atoms with Crippen LogP contribution in [0.3, 0.4) is 0 Å². The molecule has 1 N–H and O–H groups in total. The average Bonchev–Trinajstić information content (AvgIpc) is 3.07. The molecule has 0 fully saturated rings. The third kappa shape index (κ3) is 4.32. The number of nitrogens with one attached hydrogen (secondary N) is 1. The van der Waals surface area contributed by atoms with Crippen LogP contribution in [0, 0.1) is 12.7 Å². The summed E-state index contributed by atoms with van der Waals surface area (Å²) in [4.78, 5) is 28.7. The van der Waals surface area contributed by atoms with Crippen molar-refractivity contribution in [1.29, 1.82) is 0 Å². The fraction of sp³-hybridized carbons (Fsp3) is 0.263. The molecule has 0 aliphatic rings. The molecule has 9 heteroatoms. The second-order valence-corrected chi connectivity index (χ2v) is 5.93. The molecule has 0 atom stereocenters. The minimum Gasteiger partial charge on any atom is -0.452 e. The number of esters is 1. The Morgan fingerprint density at radius 3 is 2.71 bits per heavy atom. The quantitative estimate of drug-likeness (QED) is 0.490. The number of carbonyl (C=O) groups is 2. The molecule has 28 heavy (non-hydrogen) atoms. The molecule has 3 aromatic rings. The minimum absolute atomic E-state index is 0.149. The Hall–Kier alpha value is -3.33. The summed E-state index contributed by atoms with van der Waals surface area (Å²) < 4.78 is 28.3. The number of halogens is 1. The lowest BCUT2D eigenvalue weighted by Crippen LogP contribution is -2.31. The Morgan fingerprint density at radius 2 is 2.00 bits per heavy atom. The number of pyridine rings is 1. The van der Waals surface area contributed by atoms with Gasteiger partial charge in [0.15, 0.2) is 6.61 Å². The van der Waals surface area contributed by atoms with Gasteiger partial charge in [0.1, 0.15) is 5.82 Å². The van der Waals surface area contributed by atoms with Crippen LogP contribution < -0.4 is 5.32 Å². The fourth-order valence-corrected chi connectivity index (χ4v) is 2.58. The molecular weight excluding hydrogens is 369 g/mol. The first kappa shape index (κ1) is 19.4. The van der Waals surface area contributed by atoms with Crippen molar-refractivity contribution < 1.29 is 28.0 Å². The maximum absolute atomic E-state index is 13.2. The molecule has 0 bridgehead atoms. The van der Waals surface area contributed by atoms with Gasteiger partial charge in [0.05, 0.1) is 28.9 Å². The van der Waals surface area contributed by atoms with Gasteiger partial charge in [-0.3, -0.25) is 4.79 Å². The predicted molar refractivity (Wildman–Crippen MR) is 97.1 cm³/mol. The van der Waals surface area contributed by atoms with Gasteiger partial charge in [0.2, 0.25) is 0 Å². The number of fused-ring (bicyclic) bond motifs is 1. The van der Waals surface area contributed by atoms with Crippen LogP contribution in [0.4, 0.5) is 4.39 Å². The molecule has 0 aliphatic carbocycles. The summed E-state index contributed by atoms with van der Waals surface area (Å²) in [7, 11) is 1.51. The molecule has 0 radical (unpaired) electrons. The summed E-state index contributed by atoms with van der Waals surface area (Å²) in [5.41, 5.74) is 1.75. The highest BCUT2D eigenvalue weighted by Gasteiger charge is 2.21. The van der Waals surface area contributed by atoms with Crippen molar-refractivity contribution >= 4 is 23.0 Å². The number of hydrogen-bond donors (Lipinski definition) is 1. The fourth-order valence-electron chi connectivity index (χ4n) is 2.58. The lowest BCUT2D eigenvalue weighted by atomic mass is 10.1. The molecule has 1 amide bonds. The molecule has 146 valence electrons. The summed E-state index contributed by atoms with van der Waals surface area (Å²) in [6, 6.07) is 7.14. The van der Waals surface area contributed by atoms with Crippen molar-refractivity contribution in [1.82, 2.24) is 15.5 Å². The van der Waals surface area contributed by atoms with Crippen molar-refractivity contribution in [2.45, 2.75) is 6.92 Å². The lowest BCUT2D eigenvalue weighted by Gasteiger charge is -2.08. The lowest BCUT2D eigenvalue weighted by molar-refractivity contribution is -0.124. The van der Waals surface area contributed by atoms with Crippen LogP contribution in [-0.2, 0) is 14.3 Å². The highest BCUT2D eigenvalue weighted by Crippen LogP contribution is 2.27. The number of hydrogen-bond acceptors (Lipinski definition) is 7. The van der Waals surface area contributed by atoms with Gasteiger partial charge in [0, 0.05) is 19.2 Å². The van der Waals surface area contributed by atoms with E-state index in [2.05, 4.69) is 15.5 Å². The molecule has 0 aliphatic heterocycles. The third-order valence-corrected chi connectivity index (χ3v) is 3.94. The van der Waals surface area contributed by atoms with Crippen LogP contribution in [0.5, 0.6) is 0 Å². The maximum atomic E-state index is 13.2. The van der Waals surface area contributed by atoms with E-state index in [0.717, 1.165) is 0 Å². The number of amides is 1. The third-order valence-electron chi connectivity index (χ3n) is 3.94. The summed E-state index contributed by atoms with van der Waals surface area (Å²) in [6.45, 7) is 1.89. The zero-order valence-electron chi connectivity index (χ0n) is 15.3. The van der Waals surface area contributed by atoms with Gasteiger partial charge in [-0.1, -0.05) is 5.16 Å². The van der Waals surface area contributed by atoms with E-state index >= 15 is 0 Å². The van der Waals surface area contributed by atoms with Crippen LogP contribution in [0.1, 0.15) is 16.1 Å². The summed E-state index contributed by atoms with van der Waals surface area (Å²) in [5.74, 6) is -1.56. The standard InChI is InChI=1S/C19H18FN3O5/c1-11-17-14(19(25)27-10-16(24)21-7-8-26-2)9-15(22-18(17)28-23-11)12-3-5-13(20)6-4-12/h3-6,9H,7-8,10H2,1-2H3,(H,21,24). The van der Waals surface area contributed by atoms with E-state index in [9.17, 15) is 14.0 Å². The number of aromatic nitrogens is 2. The van der Waals surface area contributed by atoms with Gasteiger partial charge < -0.3 is 19.3 Å². The summed E-state index contributed by atoms with van der Waals surface area (Å²) in [5, 5.41) is 6.79. The second kappa shape index (κ2) is 8.57. The Labute approximate surface area is 159 Å². The molecule has 0 saturated heterocycles. The number of methoxy groups -OCH3 is 1. The number of aryl methyl sites for hydroxylation is 1. The molecule has 0 saturated carbocycles. The van der Waals surface area contributed by atoms with E-state index in [4.69, 9.17) is 14.0 Å². The Morgan fingerprint density at radius 1 is 1.25 bits per heavy atom. The van der Waals surface area contributed by atoms with Gasteiger partial charge in [-0.25, -0.2) is 14.2 Å². The van der Waals surface area contributed by atoms with Crippen molar-refractivity contribution in [3.8, 4) is 11.3 Å². The van der Waals surface area contributed by atoms with Crippen molar-refractivity contribution in [3.05, 3.63) is 47.4 Å². The van der Waals surface area contributed by atoms with Crippen LogP contribution in [-0.4, -0.2) is 48.9 Å². The van der Waals surface area contributed by atoms with E-state index in [-0.39, 0.29) is 17.1 Å². The van der Waals surface area contributed by atoms with E-state index < -0.39 is 18.5 Å². The molecule has 8 nitrogen and oxygen atoms in total. The first-order valence-electron chi connectivity index (χ1n) is 8.45. The highest BCUT2D eigenvalue weighted by atomic mass is 19.1. The van der Waals surface area contributed by atoms with Crippen LogP contribution >= 0.6 is 0 Å². The molecule has 1 aromatic carbocycles. The number of nitrogens with zero attached hydrogens (tertiary/aromatic N) is 2. The van der Waals surface area contributed by atoms with Gasteiger partial charge in [0.25, 0.3) is 11.6 Å². The van der Waals surface area contributed by atoms with Crippen LogP contribution in [0.25, 0.3) is 22.4 Å². The largest absolute Gasteiger partial charge is 0.452 e. The molecule has 3 rings (SSSR count). The van der Waals surface area contributed by atoms with Crippen molar-refractivity contribution in [2.24, 2.45) is 0 Å². The zero-order chi connectivity index (χ0) is 20.1. The zero-order valence-corrected chi connectivity index (χ0v) is 15.3. The van der Waals surface area contributed by atoms with E-state index in [0.29, 0.717) is 35.5 Å². The average molecular weight is 387 g/mol. The normalized spacial score (nSPS) is 10.8. The minimum atomic E-state index is -0.719. The Kier molecular flexibility index (Phi) is 5.95. The molecule has 2 aromatic heterocycles. The Balaban J connectivity index is 1.86. The molecule has 0 unspecified atom stereocenters. The first-order valence-corrected chi connectivity index (χ1v) is 8.45. The van der Waals surface area contributed by atoms with Gasteiger partial charge in [-0.15, -0.1) is 0 Å². The predicted octanol–water partition coefficient (Wildman–Crippen LogP) is 2.26. The van der Waals surface area contributed by atoms with Crippen LogP contribution in [0.2, 0.25) is 0 Å². The van der Waals surface area contributed by atoms with E-state index in [1.165, 1.54) is 37.4 Å². The number of rotatable bonds is 7. The van der Waals surface area contributed by atoms with Crippen molar-refractivity contribution in [3.63, 3.8) is 0 Å². The van der Waals surface area contributed by atoms with E-state index in [1.807, 2.05) is 0 Å². The Bertz CT molecular complexity index is 1000. The molecular formula is C19H18FN3O5.